The monoisotopic (exact) mass is 688 g/mol. The van der Waals surface area contributed by atoms with Crippen molar-refractivity contribution >= 4 is 28.0 Å². The second-order valence-corrected chi connectivity index (χ2v) is 13.9. The minimum atomic E-state index is -0.519. The first-order valence-corrected chi connectivity index (χ1v) is 18.6. The van der Waals surface area contributed by atoms with Crippen LogP contribution in [0, 0.1) is 0 Å². The molecule has 254 valence electrons. The van der Waals surface area contributed by atoms with Crippen LogP contribution in [0.25, 0.3) is 44.4 Å². The molecule has 2 heterocycles. The Morgan fingerprint density at radius 3 is 1.44 bits per heavy atom. The van der Waals surface area contributed by atoms with Gasteiger partial charge in [0, 0.05) is 16.6 Å². The molecule has 10 rings (SSSR count). The molecular formula is C52H36N2. The Morgan fingerprint density at radius 2 is 0.852 bits per heavy atom. The first-order valence-electron chi connectivity index (χ1n) is 18.6. The van der Waals surface area contributed by atoms with Gasteiger partial charge in [0.2, 0.25) is 0 Å². The predicted molar refractivity (Wildman–Crippen MR) is 225 cm³/mol. The molecule has 0 unspecified atom stereocenters. The van der Waals surface area contributed by atoms with Gasteiger partial charge in [0.05, 0.1) is 28.0 Å². The van der Waals surface area contributed by atoms with Crippen molar-refractivity contribution in [1.82, 2.24) is 4.98 Å². The summed E-state index contributed by atoms with van der Waals surface area (Å²) in [6.07, 6.45) is 0. The zero-order valence-electron chi connectivity index (χ0n) is 29.7. The van der Waals surface area contributed by atoms with Crippen LogP contribution in [0.2, 0.25) is 0 Å². The maximum absolute atomic E-state index is 5.29. The Hall–Kier alpha value is -7.03. The lowest BCUT2D eigenvalue weighted by Crippen LogP contribution is -2.37. The molecule has 1 aliphatic heterocycles. The first-order chi connectivity index (χ1) is 26.8. The van der Waals surface area contributed by atoms with E-state index in [2.05, 4.69) is 223 Å². The second-order valence-electron chi connectivity index (χ2n) is 13.9. The fourth-order valence-electron chi connectivity index (χ4n) is 8.61. The van der Waals surface area contributed by atoms with Gasteiger partial charge in [-0.05, 0) is 80.9 Å². The van der Waals surface area contributed by atoms with E-state index in [0.717, 1.165) is 44.8 Å². The van der Waals surface area contributed by atoms with Gasteiger partial charge >= 0.3 is 0 Å². The molecular weight excluding hydrogens is 653 g/mol. The number of para-hydroxylation sites is 2. The van der Waals surface area contributed by atoms with E-state index in [0.29, 0.717) is 0 Å². The van der Waals surface area contributed by atoms with E-state index in [1.54, 1.807) is 0 Å². The van der Waals surface area contributed by atoms with Crippen LogP contribution in [-0.4, -0.2) is 4.98 Å². The summed E-state index contributed by atoms with van der Waals surface area (Å²) in [7, 11) is 0. The Bertz CT molecular complexity index is 2670. The number of hydrogen-bond acceptors (Lipinski definition) is 2. The smallest absolute Gasteiger partial charge is 0.0742 e. The summed E-state index contributed by atoms with van der Waals surface area (Å²) in [5, 5.41) is 1.11. The zero-order valence-corrected chi connectivity index (χ0v) is 29.7. The van der Waals surface area contributed by atoms with Crippen LogP contribution in [0.1, 0.15) is 22.3 Å². The normalized spacial score (nSPS) is 12.9. The van der Waals surface area contributed by atoms with Gasteiger partial charge in [-0.25, -0.2) is 4.98 Å². The third-order valence-corrected chi connectivity index (χ3v) is 10.9. The third-order valence-electron chi connectivity index (χ3n) is 10.9. The van der Waals surface area contributed by atoms with E-state index in [1.807, 2.05) is 0 Å². The van der Waals surface area contributed by atoms with E-state index < -0.39 is 5.41 Å². The van der Waals surface area contributed by atoms with Gasteiger partial charge in [0.25, 0.3) is 0 Å². The molecule has 9 aromatic rings. The van der Waals surface area contributed by atoms with E-state index >= 15 is 0 Å². The Labute approximate surface area is 316 Å². The molecule has 0 fully saturated rings. The number of benzene rings is 8. The number of aromatic nitrogens is 1. The van der Waals surface area contributed by atoms with Gasteiger partial charge in [0.15, 0.2) is 0 Å². The van der Waals surface area contributed by atoms with Crippen LogP contribution in [0.3, 0.4) is 0 Å². The van der Waals surface area contributed by atoms with Crippen molar-refractivity contribution in [3.8, 4) is 33.5 Å². The van der Waals surface area contributed by atoms with Crippen molar-refractivity contribution in [3.05, 3.63) is 241 Å². The molecule has 1 aliphatic rings. The summed E-state index contributed by atoms with van der Waals surface area (Å²) in [4.78, 5) is 7.74. The van der Waals surface area contributed by atoms with Gasteiger partial charge in [-0.1, -0.05) is 182 Å². The van der Waals surface area contributed by atoms with Gasteiger partial charge in [0.1, 0.15) is 0 Å². The van der Waals surface area contributed by atoms with E-state index in [9.17, 15) is 0 Å². The fourth-order valence-corrected chi connectivity index (χ4v) is 8.61. The molecule has 0 atom stereocenters. The van der Waals surface area contributed by atoms with Crippen molar-refractivity contribution in [2.45, 2.75) is 5.41 Å². The number of nitrogens with zero attached hydrogens (tertiary/aromatic N) is 2. The average Bonchev–Trinajstić information content (AvgIpc) is 3.26. The number of hydrogen-bond donors (Lipinski definition) is 0. The lowest BCUT2D eigenvalue weighted by Gasteiger charge is -2.46. The van der Waals surface area contributed by atoms with Crippen LogP contribution < -0.4 is 4.90 Å². The maximum atomic E-state index is 5.29. The summed E-state index contributed by atoms with van der Waals surface area (Å²) in [6, 6.07) is 78.8. The summed E-state index contributed by atoms with van der Waals surface area (Å²) in [5.74, 6) is 0. The molecule has 8 aromatic carbocycles. The Morgan fingerprint density at radius 1 is 0.370 bits per heavy atom. The van der Waals surface area contributed by atoms with Crippen molar-refractivity contribution in [3.63, 3.8) is 0 Å². The minimum absolute atomic E-state index is 0.519. The number of fused-ring (bicyclic) bond motifs is 3. The fraction of sp³-hybridized carbons (Fsp3) is 0.0192. The Balaban J connectivity index is 1.25. The van der Waals surface area contributed by atoms with Gasteiger partial charge in [-0.3, -0.25) is 0 Å². The highest BCUT2D eigenvalue weighted by molar-refractivity contribution is 6.03. The topological polar surface area (TPSA) is 16.1 Å². The van der Waals surface area contributed by atoms with Crippen LogP contribution in [0.4, 0.5) is 17.1 Å². The molecule has 0 saturated carbocycles. The molecule has 2 heteroatoms. The van der Waals surface area contributed by atoms with E-state index in [-0.39, 0.29) is 0 Å². The molecule has 0 aliphatic carbocycles. The highest BCUT2D eigenvalue weighted by atomic mass is 15.2. The zero-order chi connectivity index (χ0) is 35.9. The Kier molecular flexibility index (Phi) is 7.74. The number of pyridine rings is 1. The van der Waals surface area contributed by atoms with Crippen molar-refractivity contribution < 1.29 is 0 Å². The lowest BCUT2D eigenvalue weighted by atomic mass is 9.62. The van der Waals surface area contributed by atoms with E-state index in [1.165, 1.54) is 38.9 Å². The van der Waals surface area contributed by atoms with Gasteiger partial charge < -0.3 is 4.90 Å². The standard InChI is InChI=1S/C52H36N2/c1-5-19-37(20-6-1)42-27-13-14-28-43(42)44-36-49(38-21-7-2-8-22-38)53-48-34-33-41(35-45(44)48)54-50-31-17-15-29-46(50)52(39-23-9-3-10-24-39,40-25-11-4-12-26-40)47-30-16-18-32-51(47)54/h1-36H. The SMILES string of the molecule is c1ccc(-c2cc(-c3ccccc3-c3ccccc3)c3cc(N4c5ccccc5C(c5ccccc5)(c5ccccc5)c5ccccc54)ccc3n2)cc1. The number of rotatable bonds is 6. The lowest BCUT2D eigenvalue weighted by molar-refractivity contribution is 0.731. The summed E-state index contributed by atoms with van der Waals surface area (Å²) in [6.45, 7) is 0. The maximum Gasteiger partial charge on any atom is 0.0742 e. The average molecular weight is 689 g/mol. The quantitative estimate of drug-likeness (QED) is 0.173. The summed E-state index contributed by atoms with van der Waals surface area (Å²) in [5.41, 5.74) is 15.6. The highest BCUT2D eigenvalue weighted by Crippen LogP contribution is 2.57. The van der Waals surface area contributed by atoms with Crippen LogP contribution >= 0.6 is 0 Å². The van der Waals surface area contributed by atoms with Crippen molar-refractivity contribution in [2.75, 3.05) is 4.90 Å². The second kappa shape index (κ2) is 13.2. The molecule has 0 saturated heterocycles. The number of anilines is 3. The molecule has 1 aromatic heterocycles. The summed E-state index contributed by atoms with van der Waals surface area (Å²) >= 11 is 0. The van der Waals surface area contributed by atoms with Crippen LogP contribution in [0.5, 0.6) is 0 Å². The van der Waals surface area contributed by atoms with Gasteiger partial charge in [-0.15, -0.1) is 0 Å². The largest absolute Gasteiger partial charge is 0.310 e. The molecule has 0 N–H and O–H groups in total. The third kappa shape index (κ3) is 5.07. The first kappa shape index (κ1) is 31.7. The molecule has 2 nitrogen and oxygen atoms in total. The molecule has 0 radical (unpaired) electrons. The minimum Gasteiger partial charge on any atom is -0.310 e. The molecule has 0 amide bonds. The molecule has 0 spiro atoms. The van der Waals surface area contributed by atoms with Crippen molar-refractivity contribution in [2.24, 2.45) is 0 Å². The highest BCUT2D eigenvalue weighted by Gasteiger charge is 2.46. The van der Waals surface area contributed by atoms with Crippen LogP contribution in [-0.2, 0) is 5.41 Å². The van der Waals surface area contributed by atoms with E-state index in [4.69, 9.17) is 4.98 Å². The van der Waals surface area contributed by atoms with Gasteiger partial charge in [-0.2, -0.15) is 0 Å². The summed E-state index contributed by atoms with van der Waals surface area (Å²) < 4.78 is 0. The van der Waals surface area contributed by atoms with Crippen LogP contribution in [0.15, 0.2) is 218 Å². The van der Waals surface area contributed by atoms with Crippen molar-refractivity contribution in [1.29, 1.82) is 0 Å². The molecule has 54 heavy (non-hydrogen) atoms. The predicted octanol–water partition coefficient (Wildman–Crippen LogP) is 13.4. The molecule has 0 bridgehead atoms.